The van der Waals surface area contributed by atoms with E-state index in [9.17, 15) is 0 Å². The molecule has 3 rings (SSSR count). The lowest BCUT2D eigenvalue weighted by Crippen LogP contribution is -2.40. The fourth-order valence-electron chi connectivity index (χ4n) is 4.62. The number of halogens is 1. The van der Waals surface area contributed by atoms with Crippen LogP contribution < -0.4 is 5.32 Å². The molecule has 0 aromatic heterocycles. The summed E-state index contributed by atoms with van der Waals surface area (Å²) in [4.78, 5) is 10.1. The normalized spacial score (nSPS) is 22.1. The number of hydrogen-bond acceptors (Lipinski definition) is 4. The number of nitrogens with zero attached hydrogens (tertiary/aromatic N) is 3. The summed E-state index contributed by atoms with van der Waals surface area (Å²) < 4.78 is 10.8. The van der Waals surface area contributed by atoms with E-state index in [1.807, 2.05) is 0 Å². The molecule has 1 N–H and O–H groups in total. The van der Waals surface area contributed by atoms with Gasteiger partial charge in [0.05, 0.1) is 26.4 Å². The number of benzene rings is 1. The number of likely N-dealkylation sites (tertiary alicyclic amines) is 2. The van der Waals surface area contributed by atoms with Gasteiger partial charge in [-0.2, -0.15) is 0 Å². The van der Waals surface area contributed by atoms with Gasteiger partial charge >= 0.3 is 0 Å². The molecule has 2 unspecified atom stereocenters. The van der Waals surface area contributed by atoms with Gasteiger partial charge in [0, 0.05) is 45.2 Å². The first-order chi connectivity index (χ1) is 15.2. The maximum atomic E-state index is 5.76. The summed E-state index contributed by atoms with van der Waals surface area (Å²) in [6.45, 7) is 12.6. The first-order valence-electron chi connectivity index (χ1n) is 12.1. The van der Waals surface area contributed by atoms with Crippen LogP contribution >= 0.6 is 24.0 Å². The second-order valence-electron chi connectivity index (χ2n) is 8.92. The summed E-state index contributed by atoms with van der Waals surface area (Å²) in [6.07, 6.45) is 5.15. The van der Waals surface area contributed by atoms with Gasteiger partial charge in [0.2, 0.25) is 0 Å². The Hall–Kier alpha value is -0.900. The molecule has 1 aromatic rings. The number of methoxy groups -OCH3 is 1. The summed E-state index contributed by atoms with van der Waals surface area (Å²) in [5, 5.41) is 3.50. The van der Waals surface area contributed by atoms with Gasteiger partial charge in [-0.15, -0.1) is 24.0 Å². The molecule has 182 valence electrons. The molecule has 2 heterocycles. The Morgan fingerprint density at radius 2 is 1.94 bits per heavy atom. The Kier molecular flexibility index (Phi) is 12.9. The van der Waals surface area contributed by atoms with E-state index < -0.39 is 0 Å². The molecule has 6 nitrogen and oxygen atoms in total. The van der Waals surface area contributed by atoms with Gasteiger partial charge in [-0.1, -0.05) is 30.7 Å². The Balaban J connectivity index is 0.00000363. The molecule has 0 aliphatic carbocycles. The predicted molar refractivity (Wildman–Crippen MR) is 143 cm³/mol. The molecule has 2 aliphatic rings. The summed E-state index contributed by atoms with van der Waals surface area (Å²) in [6, 6.07) is 9.51. The molecule has 0 bridgehead atoms. The molecule has 0 spiro atoms. The number of hydrogen-bond donors (Lipinski definition) is 1. The highest BCUT2D eigenvalue weighted by Gasteiger charge is 2.25. The molecular formula is C25H43IN4O2. The first kappa shape index (κ1) is 27.3. The minimum absolute atomic E-state index is 0. The van der Waals surface area contributed by atoms with Crippen LogP contribution in [0.25, 0.3) is 0 Å². The quantitative estimate of drug-likeness (QED) is 0.203. The fraction of sp³-hybridized carbons (Fsp3) is 0.720. The predicted octanol–water partition coefficient (Wildman–Crippen LogP) is 4.13. The van der Waals surface area contributed by atoms with Crippen LogP contribution in [0, 0.1) is 5.92 Å². The number of ether oxygens (including phenoxy) is 2. The summed E-state index contributed by atoms with van der Waals surface area (Å²) >= 11 is 0. The SMILES string of the molecule is CCNC(=NCc1ccccc1CN1CCCCC1C)N1CCC(COCCOC)C1.I. The smallest absolute Gasteiger partial charge is 0.194 e. The van der Waals surface area contributed by atoms with Crippen LogP contribution in [-0.4, -0.2) is 74.9 Å². The van der Waals surface area contributed by atoms with Crippen molar-refractivity contribution in [3.05, 3.63) is 35.4 Å². The van der Waals surface area contributed by atoms with Crippen molar-refractivity contribution >= 4 is 29.9 Å². The molecule has 0 saturated carbocycles. The molecule has 1 aromatic carbocycles. The van der Waals surface area contributed by atoms with E-state index in [1.54, 1.807) is 7.11 Å². The van der Waals surface area contributed by atoms with E-state index in [0.717, 1.165) is 51.7 Å². The van der Waals surface area contributed by atoms with E-state index in [1.165, 1.54) is 36.9 Å². The monoisotopic (exact) mass is 558 g/mol. The summed E-state index contributed by atoms with van der Waals surface area (Å²) in [7, 11) is 1.71. The molecule has 2 fully saturated rings. The minimum atomic E-state index is 0. The maximum Gasteiger partial charge on any atom is 0.194 e. The van der Waals surface area contributed by atoms with Crippen molar-refractivity contribution in [2.75, 3.05) is 53.1 Å². The van der Waals surface area contributed by atoms with Crippen molar-refractivity contribution < 1.29 is 9.47 Å². The summed E-state index contributed by atoms with van der Waals surface area (Å²) in [5.41, 5.74) is 2.76. The first-order valence-corrected chi connectivity index (χ1v) is 12.1. The Labute approximate surface area is 212 Å². The van der Waals surface area contributed by atoms with Crippen LogP contribution in [0.3, 0.4) is 0 Å². The number of aliphatic imine (C=N–C) groups is 1. The lowest BCUT2D eigenvalue weighted by atomic mass is 10.0. The van der Waals surface area contributed by atoms with Crippen molar-refractivity contribution in [3.63, 3.8) is 0 Å². The highest BCUT2D eigenvalue weighted by atomic mass is 127. The molecule has 2 saturated heterocycles. The van der Waals surface area contributed by atoms with Gasteiger partial charge < -0.3 is 19.7 Å². The Morgan fingerprint density at radius 1 is 1.12 bits per heavy atom. The van der Waals surface area contributed by atoms with E-state index in [2.05, 4.69) is 53.2 Å². The lowest BCUT2D eigenvalue weighted by molar-refractivity contribution is 0.0536. The van der Waals surface area contributed by atoms with E-state index in [0.29, 0.717) is 25.2 Å². The van der Waals surface area contributed by atoms with Gasteiger partial charge in [0.1, 0.15) is 0 Å². The van der Waals surface area contributed by atoms with Crippen molar-refractivity contribution in [1.82, 2.24) is 15.1 Å². The van der Waals surface area contributed by atoms with Crippen molar-refractivity contribution in [2.24, 2.45) is 10.9 Å². The maximum absolute atomic E-state index is 5.76. The van der Waals surface area contributed by atoms with Gasteiger partial charge in [0.25, 0.3) is 0 Å². The number of rotatable bonds is 10. The summed E-state index contributed by atoms with van der Waals surface area (Å²) in [5.74, 6) is 1.59. The van der Waals surface area contributed by atoms with Crippen LogP contribution in [0.5, 0.6) is 0 Å². The van der Waals surface area contributed by atoms with Crippen LogP contribution in [0.15, 0.2) is 29.3 Å². The average molecular weight is 559 g/mol. The van der Waals surface area contributed by atoms with Gasteiger partial charge in [-0.05, 0) is 50.8 Å². The molecule has 0 amide bonds. The standard InChI is InChI=1S/C25H42N4O2.HI/c1-4-26-25(29-14-12-22(18-29)20-31-16-15-30-3)27-17-23-10-5-6-11-24(23)19-28-13-8-7-9-21(28)2;/h5-6,10-11,21-22H,4,7-9,12-20H2,1-3H3,(H,26,27);1H. The zero-order valence-corrected chi connectivity index (χ0v) is 22.6. The third-order valence-corrected chi connectivity index (χ3v) is 6.54. The zero-order chi connectivity index (χ0) is 21.9. The highest BCUT2D eigenvalue weighted by molar-refractivity contribution is 14.0. The lowest BCUT2D eigenvalue weighted by Gasteiger charge is -2.33. The second-order valence-corrected chi connectivity index (χ2v) is 8.92. The largest absolute Gasteiger partial charge is 0.382 e. The second kappa shape index (κ2) is 15.1. The number of guanidine groups is 1. The van der Waals surface area contributed by atoms with Crippen LogP contribution in [-0.2, 0) is 22.6 Å². The van der Waals surface area contributed by atoms with Gasteiger partial charge in [-0.25, -0.2) is 4.99 Å². The van der Waals surface area contributed by atoms with E-state index in [4.69, 9.17) is 14.5 Å². The van der Waals surface area contributed by atoms with Crippen molar-refractivity contribution in [3.8, 4) is 0 Å². The van der Waals surface area contributed by atoms with Crippen LogP contribution in [0.2, 0.25) is 0 Å². The Morgan fingerprint density at radius 3 is 2.69 bits per heavy atom. The Bertz CT molecular complexity index is 688. The van der Waals surface area contributed by atoms with E-state index >= 15 is 0 Å². The van der Waals surface area contributed by atoms with Crippen LogP contribution in [0.1, 0.15) is 50.7 Å². The molecule has 7 heteroatoms. The minimum Gasteiger partial charge on any atom is -0.382 e. The van der Waals surface area contributed by atoms with Crippen molar-refractivity contribution in [1.29, 1.82) is 0 Å². The van der Waals surface area contributed by atoms with Gasteiger partial charge in [0.15, 0.2) is 5.96 Å². The van der Waals surface area contributed by atoms with E-state index in [-0.39, 0.29) is 24.0 Å². The van der Waals surface area contributed by atoms with Crippen molar-refractivity contribution in [2.45, 2.75) is 58.7 Å². The molecule has 0 radical (unpaired) electrons. The topological polar surface area (TPSA) is 49.3 Å². The average Bonchev–Trinajstić information content (AvgIpc) is 3.25. The molecular weight excluding hydrogens is 515 g/mol. The fourth-order valence-corrected chi connectivity index (χ4v) is 4.62. The third-order valence-electron chi connectivity index (χ3n) is 6.54. The molecule has 2 aliphatic heterocycles. The highest BCUT2D eigenvalue weighted by Crippen LogP contribution is 2.22. The molecule has 32 heavy (non-hydrogen) atoms. The van der Waals surface area contributed by atoms with Gasteiger partial charge in [-0.3, -0.25) is 4.90 Å². The zero-order valence-electron chi connectivity index (χ0n) is 20.2. The number of piperidine rings is 1. The van der Waals surface area contributed by atoms with Crippen LogP contribution in [0.4, 0.5) is 0 Å². The molecule has 2 atom stereocenters. The third kappa shape index (κ3) is 8.47. The number of nitrogens with one attached hydrogen (secondary N) is 1.